The molecule has 1 heterocycles. The van der Waals surface area contributed by atoms with Crippen LogP contribution in [0.2, 0.25) is 0 Å². The van der Waals surface area contributed by atoms with Crippen molar-refractivity contribution in [3.05, 3.63) is 35.4 Å². The lowest BCUT2D eigenvalue weighted by atomic mass is 10.1. The fraction of sp³-hybridized carbons (Fsp3) is 0.562. The first-order valence-corrected chi connectivity index (χ1v) is 7.43. The average molecular weight is 258 g/mol. The first-order valence-electron chi connectivity index (χ1n) is 7.43. The summed E-state index contributed by atoms with van der Waals surface area (Å²) in [6, 6.07) is 8.81. The quantitative estimate of drug-likeness (QED) is 0.849. The SMILES string of the molecule is O=C(NC1Cc2ccccc2C1)C1CCCCCN1. The zero-order valence-electron chi connectivity index (χ0n) is 11.3. The van der Waals surface area contributed by atoms with E-state index in [4.69, 9.17) is 0 Å². The summed E-state index contributed by atoms with van der Waals surface area (Å²) in [6.45, 7) is 0.975. The Morgan fingerprint density at radius 3 is 2.58 bits per heavy atom. The molecular weight excluding hydrogens is 236 g/mol. The Morgan fingerprint density at radius 2 is 1.84 bits per heavy atom. The predicted molar refractivity (Wildman–Crippen MR) is 76.0 cm³/mol. The topological polar surface area (TPSA) is 41.1 Å². The first-order chi connectivity index (χ1) is 9.33. The number of hydrogen-bond acceptors (Lipinski definition) is 2. The third-order valence-electron chi connectivity index (χ3n) is 4.27. The van der Waals surface area contributed by atoms with E-state index in [2.05, 4.69) is 34.9 Å². The lowest BCUT2D eigenvalue weighted by molar-refractivity contribution is -0.123. The van der Waals surface area contributed by atoms with Crippen molar-refractivity contribution in [3.63, 3.8) is 0 Å². The highest BCUT2D eigenvalue weighted by atomic mass is 16.2. The van der Waals surface area contributed by atoms with Crippen LogP contribution in [0.5, 0.6) is 0 Å². The Hall–Kier alpha value is -1.35. The van der Waals surface area contributed by atoms with Gasteiger partial charge in [-0.05, 0) is 43.4 Å². The molecule has 1 unspecified atom stereocenters. The molecule has 3 rings (SSSR count). The molecule has 1 atom stereocenters. The van der Waals surface area contributed by atoms with Crippen LogP contribution in [0, 0.1) is 0 Å². The summed E-state index contributed by atoms with van der Waals surface area (Å²) in [6.07, 6.45) is 6.54. The van der Waals surface area contributed by atoms with Crippen molar-refractivity contribution in [1.82, 2.24) is 10.6 Å². The third-order valence-corrected chi connectivity index (χ3v) is 4.27. The molecule has 2 N–H and O–H groups in total. The van der Waals surface area contributed by atoms with E-state index in [1.54, 1.807) is 0 Å². The van der Waals surface area contributed by atoms with Gasteiger partial charge in [0.2, 0.25) is 5.91 Å². The molecule has 0 aromatic heterocycles. The van der Waals surface area contributed by atoms with Crippen LogP contribution in [-0.2, 0) is 17.6 Å². The Kier molecular flexibility index (Phi) is 3.83. The standard InChI is InChI=1S/C16H22N2O/c19-16(15-8-2-1-5-9-17-15)18-14-10-12-6-3-4-7-13(12)11-14/h3-4,6-7,14-15,17H,1-2,5,8-11H2,(H,18,19). The maximum Gasteiger partial charge on any atom is 0.237 e. The molecule has 3 heteroatoms. The van der Waals surface area contributed by atoms with Gasteiger partial charge in [-0.2, -0.15) is 0 Å². The number of carbonyl (C=O) groups excluding carboxylic acids is 1. The molecule has 3 nitrogen and oxygen atoms in total. The van der Waals surface area contributed by atoms with E-state index in [1.165, 1.54) is 24.0 Å². The van der Waals surface area contributed by atoms with Crippen molar-refractivity contribution in [3.8, 4) is 0 Å². The maximum absolute atomic E-state index is 12.3. The second-order valence-corrected chi connectivity index (χ2v) is 5.74. The summed E-state index contributed by atoms with van der Waals surface area (Å²) in [5, 5.41) is 6.59. The first kappa shape index (κ1) is 12.7. The lowest BCUT2D eigenvalue weighted by Gasteiger charge is -2.19. The largest absolute Gasteiger partial charge is 0.351 e. The number of benzene rings is 1. The van der Waals surface area contributed by atoms with Crippen LogP contribution in [0.4, 0.5) is 0 Å². The van der Waals surface area contributed by atoms with E-state index in [-0.39, 0.29) is 18.0 Å². The Bertz CT molecular complexity index is 425. The van der Waals surface area contributed by atoms with Crippen LogP contribution in [0.25, 0.3) is 0 Å². The van der Waals surface area contributed by atoms with Gasteiger partial charge in [-0.25, -0.2) is 0 Å². The number of nitrogens with one attached hydrogen (secondary N) is 2. The highest BCUT2D eigenvalue weighted by Crippen LogP contribution is 2.21. The zero-order valence-corrected chi connectivity index (χ0v) is 11.3. The molecule has 102 valence electrons. The summed E-state index contributed by atoms with van der Waals surface area (Å²) < 4.78 is 0. The molecule has 19 heavy (non-hydrogen) atoms. The van der Waals surface area contributed by atoms with Crippen LogP contribution in [0.3, 0.4) is 0 Å². The minimum Gasteiger partial charge on any atom is -0.351 e. The van der Waals surface area contributed by atoms with Crippen LogP contribution in [-0.4, -0.2) is 24.5 Å². The minimum atomic E-state index is 0.0196. The van der Waals surface area contributed by atoms with Gasteiger partial charge < -0.3 is 10.6 Å². The summed E-state index contributed by atoms with van der Waals surface area (Å²) in [7, 11) is 0. The molecule has 1 aromatic rings. The summed E-state index contributed by atoms with van der Waals surface area (Å²) in [5.74, 6) is 0.194. The molecule has 0 spiro atoms. The van der Waals surface area contributed by atoms with E-state index < -0.39 is 0 Å². The molecule has 1 saturated heterocycles. The Labute approximate surface area is 114 Å². The van der Waals surface area contributed by atoms with Crippen molar-refractivity contribution in [2.45, 2.75) is 50.6 Å². The van der Waals surface area contributed by atoms with Gasteiger partial charge in [0.15, 0.2) is 0 Å². The fourth-order valence-electron chi connectivity index (χ4n) is 3.22. The molecule has 1 amide bonds. The summed E-state index contributed by atoms with van der Waals surface area (Å²) in [4.78, 5) is 12.3. The maximum atomic E-state index is 12.3. The molecule has 0 saturated carbocycles. The predicted octanol–water partition coefficient (Wildman–Crippen LogP) is 1.80. The molecule has 0 bridgehead atoms. The van der Waals surface area contributed by atoms with Crippen LogP contribution < -0.4 is 10.6 Å². The normalized spacial score (nSPS) is 23.7. The average Bonchev–Trinajstić information content (AvgIpc) is 2.63. The number of hydrogen-bond donors (Lipinski definition) is 2. The molecular formula is C16H22N2O. The molecule has 1 fully saturated rings. The fourth-order valence-corrected chi connectivity index (χ4v) is 3.22. The zero-order chi connectivity index (χ0) is 13.1. The summed E-state index contributed by atoms with van der Waals surface area (Å²) in [5.41, 5.74) is 2.78. The van der Waals surface area contributed by atoms with E-state index in [0.717, 1.165) is 32.2 Å². The van der Waals surface area contributed by atoms with Crippen LogP contribution in [0.1, 0.15) is 36.8 Å². The number of rotatable bonds is 2. The Balaban J connectivity index is 1.56. The monoisotopic (exact) mass is 258 g/mol. The van der Waals surface area contributed by atoms with Crippen molar-refractivity contribution in [1.29, 1.82) is 0 Å². The van der Waals surface area contributed by atoms with Gasteiger partial charge in [0.05, 0.1) is 6.04 Å². The number of amides is 1. The van der Waals surface area contributed by atoms with Gasteiger partial charge >= 0.3 is 0 Å². The third kappa shape index (κ3) is 2.98. The lowest BCUT2D eigenvalue weighted by Crippen LogP contribution is -2.47. The smallest absolute Gasteiger partial charge is 0.237 e. The second-order valence-electron chi connectivity index (χ2n) is 5.74. The van der Waals surface area contributed by atoms with Gasteiger partial charge in [-0.1, -0.05) is 37.1 Å². The van der Waals surface area contributed by atoms with Gasteiger partial charge in [0, 0.05) is 6.04 Å². The van der Waals surface area contributed by atoms with Crippen LogP contribution >= 0.6 is 0 Å². The second kappa shape index (κ2) is 5.74. The molecule has 2 aliphatic rings. The van der Waals surface area contributed by atoms with Crippen molar-refractivity contribution in [2.75, 3.05) is 6.54 Å². The van der Waals surface area contributed by atoms with E-state index in [1.807, 2.05) is 0 Å². The van der Waals surface area contributed by atoms with Crippen molar-refractivity contribution >= 4 is 5.91 Å². The van der Waals surface area contributed by atoms with E-state index in [0.29, 0.717) is 0 Å². The molecule has 1 aromatic carbocycles. The van der Waals surface area contributed by atoms with Gasteiger partial charge in [-0.3, -0.25) is 4.79 Å². The summed E-state index contributed by atoms with van der Waals surface area (Å²) >= 11 is 0. The van der Waals surface area contributed by atoms with Gasteiger partial charge in [0.1, 0.15) is 0 Å². The number of fused-ring (bicyclic) bond motifs is 1. The van der Waals surface area contributed by atoms with Gasteiger partial charge in [-0.15, -0.1) is 0 Å². The Morgan fingerprint density at radius 1 is 1.11 bits per heavy atom. The highest BCUT2D eigenvalue weighted by molar-refractivity contribution is 5.82. The van der Waals surface area contributed by atoms with Crippen LogP contribution in [0.15, 0.2) is 24.3 Å². The number of carbonyl (C=O) groups is 1. The van der Waals surface area contributed by atoms with Gasteiger partial charge in [0.25, 0.3) is 0 Å². The van der Waals surface area contributed by atoms with Crippen molar-refractivity contribution in [2.24, 2.45) is 0 Å². The van der Waals surface area contributed by atoms with E-state index in [9.17, 15) is 4.79 Å². The highest BCUT2D eigenvalue weighted by Gasteiger charge is 2.26. The minimum absolute atomic E-state index is 0.0196. The van der Waals surface area contributed by atoms with E-state index >= 15 is 0 Å². The van der Waals surface area contributed by atoms with Crippen molar-refractivity contribution < 1.29 is 4.79 Å². The molecule has 0 radical (unpaired) electrons. The molecule has 1 aliphatic heterocycles. The molecule has 1 aliphatic carbocycles.